The number of hydrogen-bond acceptors (Lipinski definition) is 3. The van der Waals surface area contributed by atoms with E-state index < -0.39 is 0 Å². The van der Waals surface area contributed by atoms with Crippen LogP contribution < -0.4 is 11.5 Å². The lowest BCUT2D eigenvalue weighted by Crippen LogP contribution is -2.06. The second-order valence-corrected chi connectivity index (χ2v) is 4.50. The molecule has 0 aliphatic rings. The Hall–Kier alpha value is -1.77. The van der Waals surface area contributed by atoms with Gasteiger partial charge in [0.25, 0.3) is 0 Å². The van der Waals surface area contributed by atoms with Gasteiger partial charge in [0, 0.05) is 5.39 Å². The molecule has 1 heterocycles. The molecule has 0 aliphatic heterocycles. The third-order valence-electron chi connectivity index (χ3n) is 2.65. The molecule has 0 atom stereocenters. The van der Waals surface area contributed by atoms with Gasteiger partial charge in [0.2, 0.25) is 0 Å². The molecule has 0 radical (unpaired) electrons. The summed E-state index contributed by atoms with van der Waals surface area (Å²) in [7, 11) is 0. The van der Waals surface area contributed by atoms with E-state index in [9.17, 15) is 0 Å². The molecule has 0 saturated heterocycles. The summed E-state index contributed by atoms with van der Waals surface area (Å²) in [5.74, 6) is 0.523. The van der Waals surface area contributed by atoms with Crippen molar-refractivity contribution in [2.45, 2.75) is 20.3 Å². The van der Waals surface area contributed by atoms with Gasteiger partial charge in [0.05, 0.1) is 22.6 Å². The van der Waals surface area contributed by atoms with Gasteiger partial charge in [-0.05, 0) is 18.4 Å². The molecule has 84 valence electrons. The maximum Gasteiger partial charge on any atom is 0.0773 e. The van der Waals surface area contributed by atoms with Crippen molar-refractivity contribution in [3.8, 4) is 0 Å². The van der Waals surface area contributed by atoms with Crippen LogP contribution in [0.25, 0.3) is 10.9 Å². The Labute approximate surface area is 95.5 Å². The van der Waals surface area contributed by atoms with E-state index in [0.717, 1.165) is 23.0 Å². The smallest absolute Gasteiger partial charge is 0.0773 e. The summed E-state index contributed by atoms with van der Waals surface area (Å²) in [5.41, 5.74) is 15.2. The topological polar surface area (TPSA) is 64.9 Å². The summed E-state index contributed by atoms with van der Waals surface area (Å²) in [6.07, 6.45) is 0.862. The summed E-state index contributed by atoms with van der Waals surface area (Å²) < 4.78 is 0. The van der Waals surface area contributed by atoms with Crippen LogP contribution in [0.15, 0.2) is 24.3 Å². The number of rotatable bonds is 2. The van der Waals surface area contributed by atoms with E-state index in [1.165, 1.54) is 0 Å². The predicted octanol–water partition coefficient (Wildman–Crippen LogP) is 2.60. The van der Waals surface area contributed by atoms with Gasteiger partial charge in [-0.15, -0.1) is 0 Å². The van der Waals surface area contributed by atoms with Crippen molar-refractivity contribution in [2.24, 2.45) is 5.92 Å². The van der Waals surface area contributed by atoms with Crippen molar-refractivity contribution in [3.05, 3.63) is 30.0 Å². The second kappa shape index (κ2) is 4.00. The van der Waals surface area contributed by atoms with Gasteiger partial charge in [0.15, 0.2) is 0 Å². The Morgan fingerprint density at radius 3 is 2.50 bits per heavy atom. The quantitative estimate of drug-likeness (QED) is 0.809. The molecule has 0 saturated carbocycles. The number of anilines is 2. The molecule has 1 aromatic heterocycles. The monoisotopic (exact) mass is 215 g/mol. The normalized spacial score (nSPS) is 11.2. The SMILES string of the molecule is CC(C)Cc1nc2ccccc2c(N)c1N. The second-order valence-electron chi connectivity index (χ2n) is 4.50. The van der Waals surface area contributed by atoms with Crippen LogP contribution in [0.4, 0.5) is 11.4 Å². The maximum atomic E-state index is 6.03. The van der Waals surface area contributed by atoms with Gasteiger partial charge < -0.3 is 11.5 Å². The first kappa shape index (κ1) is 10.7. The van der Waals surface area contributed by atoms with E-state index >= 15 is 0 Å². The lowest BCUT2D eigenvalue weighted by atomic mass is 10.0. The molecule has 0 fully saturated rings. The number of benzene rings is 1. The fourth-order valence-corrected chi connectivity index (χ4v) is 1.85. The Balaban J connectivity index is 2.64. The highest BCUT2D eigenvalue weighted by atomic mass is 14.8. The van der Waals surface area contributed by atoms with Crippen molar-refractivity contribution >= 4 is 22.3 Å². The molecule has 1 aromatic carbocycles. The molecule has 0 unspecified atom stereocenters. The average Bonchev–Trinajstić information content (AvgIpc) is 2.25. The third-order valence-corrected chi connectivity index (χ3v) is 2.65. The Bertz CT molecular complexity index is 518. The first-order valence-electron chi connectivity index (χ1n) is 5.52. The molecule has 16 heavy (non-hydrogen) atoms. The minimum absolute atomic E-state index is 0.523. The van der Waals surface area contributed by atoms with Crippen LogP contribution in [-0.2, 0) is 6.42 Å². The van der Waals surface area contributed by atoms with Gasteiger partial charge in [-0.3, -0.25) is 4.98 Å². The number of nitrogens with two attached hydrogens (primary N) is 2. The Morgan fingerprint density at radius 1 is 1.12 bits per heavy atom. The highest BCUT2D eigenvalue weighted by Gasteiger charge is 2.10. The van der Waals surface area contributed by atoms with E-state index in [4.69, 9.17) is 11.5 Å². The van der Waals surface area contributed by atoms with Gasteiger partial charge in [0.1, 0.15) is 0 Å². The van der Waals surface area contributed by atoms with Gasteiger partial charge in [-0.25, -0.2) is 0 Å². The van der Waals surface area contributed by atoms with E-state index in [2.05, 4.69) is 18.8 Å². The molecule has 2 aromatic rings. The first-order chi connectivity index (χ1) is 7.59. The Kier molecular flexibility index (Phi) is 2.69. The van der Waals surface area contributed by atoms with Crippen molar-refractivity contribution in [3.63, 3.8) is 0 Å². The number of fused-ring (bicyclic) bond motifs is 1. The maximum absolute atomic E-state index is 6.03. The lowest BCUT2D eigenvalue weighted by molar-refractivity contribution is 0.638. The zero-order valence-corrected chi connectivity index (χ0v) is 9.70. The summed E-state index contributed by atoms with van der Waals surface area (Å²) in [6, 6.07) is 7.83. The standard InChI is InChI=1S/C13H17N3/c1-8(2)7-11-13(15)12(14)9-5-3-4-6-10(9)16-11/h3-6,8H,7,15H2,1-2H3,(H2,14,16). The molecule has 3 heteroatoms. The van der Waals surface area contributed by atoms with E-state index in [0.29, 0.717) is 17.3 Å². The fraction of sp³-hybridized carbons (Fsp3) is 0.308. The van der Waals surface area contributed by atoms with Crippen LogP contribution in [0.3, 0.4) is 0 Å². The van der Waals surface area contributed by atoms with Crippen molar-refractivity contribution in [2.75, 3.05) is 11.5 Å². The summed E-state index contributed by atoms with van der Waals surface area (Å²) in [6.45, 7) is 4.29. The molecule has 0 aliphatic carbocycles. The lowest BCUT2D eigenvalue weighted by Gasteiger charge is -2.12. The molecule has 3 nitrogen and oxygen atoms in total. The first-order valence-corrected chi connectivity index (χ1v) is 5.52. The van der Waals surface area contributed by atoms with Crippen molar-refractivity contribution < 1.29 is 0 Å². The number of nitrogens with zero attached hydrogens (tertiary/aromatic N) is 1. The summed E-state index contributed by atoms with van der Waals surface area (Å²) in [4.78, 5) is 4.57. The van der Waals surface area contributed by atoms with Crippen LogP contribution in [0, 0.1) is 5.92 Å². The highest BCUT2D eigenvalue weighted by molar-refractivity contribution is 5.96. The number of hydrogen-bond donors (Lipinski definition) is 2. The molecule has 0 amide bonds. The average molecular weight is 215 g/mol. The van der Waals surface area contributed by atoms with E-state index in [-0.39, 0.29) is 0 Å². The van der Waals surface area contributed by atoms with E-state index in [1.54, 1.807) is 0 Å². The van der Waals surface area contributed by atoms with Crippen LogP contribution in [0.5, 0.6) is 0 Å². The largest absolute Gasteiger partial charge is 0.396 e. The summed E-state index contributed by atoms with van der Waals surface area (Å²) in [5, 5.41) is 0.938. The molecule has 2 rings (SSSR count). The zero-order chi connectivity index (χ0) is 11.7. The molecular weight excluding hydrogens is 198 g/mol. The van der Waals surface area contributed by atoms with Gasteiger partial charge in [-0.2, -0.15) is 0 Å². The minimum atomic E-state index is 0.523. The van der Waals surface area contributed by atoms with Crippen LogP contribution >= 0.6 is 0 Å². The minimum Gasteiger partial charge on any atom is -0.396 e. The molecule has 4 N–H and O–H groups in total. The summed E-state index contributed by atoms with van der Waals surface area (Å²) >= 11 is 0. The molecular formula is C13H17N3. The van der Waals surface area contributed by atoms with Crippen LogP contribution in [-0.4, -0.2) is 4.98 Å². The number of aromatic nitrogens is 1. The molecule has 0 spiro atoms. The number of pyridine rings is 1. The van der Waals surface area contributed by atoms with Crippen LogP contribution in [0.1, 0.15) is 19.5 Å². The molecule has 0 bridgehead atoms. The van der Waals surface area contributed by atoms with Crippen molar-refractivity contribution in [1.29, 1.82) is 0 Å². The number of nitrogen functional groups attached to an aromatic ring is 2. The van der Waals surface area contributed by atoms with Crippen LogP contribution in [0.2, 0.25) is 0 Å². The zero-order valence-electron chi connectivity index (χ0n) is 9.70. The third kappa shape index (κ3) is 1.81. The Morgan fingerprint density at radius 2 is 1.81 bits per heavy atom. The van der Waals surface area contributed by atoms with Crippen molar-refractivity contribution in [1.82, 2.24) is 4.98 Å². The fourth-order valence-electron chi connectivity index (χ4n) is 1.85. The van der Waals surface area contributed by atoms with Gasteiger partial charge >= 0.3 is 0 Å². The van der Waals surface area contributed by atoms with Gasteiger partial charge in [-0.1, -0.05) is 32.0 Å². The van der Waals surface area contributed by atoms with E-state index in [1.807, 2.05) is 24.3 Å². The highest BCUT2D eigenvalue weighted by Crippen LogP contribution is 2.28. The number of para-hydroxylation sites is 1. The predicted molar refractivity (Wildman–Crippen MR) is 69.1 cm³/mol.